The first-order chi connectivity index (χ1) is 19.6. The van der Waals surface area contributed by atoms with Crippen LogP contribution in [0.5, 0.6) is 0 Å². The monoisotopic (exact) mass is 699 g/mol. The molecular weight excluding hydrogens is 659 g/mol. The Morgan fingerprint density at radius 1 is 0.512 bits per heavy atom. The van der Waals surface area contributed by atoms with Gasteiger partial charge < -0.3 is 24.8 Å². The molecule has 221 valence electrons. The second-order valence-electron chi connectivity index (χ2n) is 10.1. The summed E-state index contributed by atoms with van der Waals surface area (Å²) in [6.45, 7) is 10.6. The van der Waals surface area contributed by atoms with E-state index in [4.69, 9.17) is 0 Å². The van der Waals surface area contributed by atoms with Crippen molar-refractivity contribution in [3.05, 3.63) is 132 Å². The maximum absolute atomic E-state index is 2.97. The van der Waals surface area contributed by atoms with Gasteiger partial charge in [-0.15, -0.1) is 69.1 Å². The molecule has 6 rings (SSSR count). The molecule has 0 atom stereocenters. The van der Waals surface area contributed by atoms with Crippen LogP contribution in [0.2, 0.25) is 6.55 Å². The third-order valence-electron chi connectivity index (χ3n) is 6.92. The molecule has 0 saturated carbocycles. The Morgan fingerprint density at radius 3 is 1.19 bits per heavy atom. The van der Waals surface area contributed by atoms with Crippen molar-refractivity contribution >= 4 is 31.8 Å². The first kappa shape index (κ1) is 40.8. The van der Waals surface area contributed by atoms with Crippen LogP contribution in [0, 0.1) is 13.8 Å². The number of hydrogen-bond acceptors (Lipinski definition) is 0. The van der Waals surface area contributed by atoms with Gasteiger partial charge in [-0.3, -0.25) is 0 Å². The molecule has 0 aromatic heterocycles. The van der Waals surface area contributed by atoms with Crippen LogP contribution in [0.4, 0.5) is 0 Å². The first-order valence-electron chi connectivity index (χ1n) is 14.5. The summed E-state index contributed by atoms with van der Waals surface area (Å²) in [7, 11) is 2.97. The van der Waals surface area contributed by atoms with Crippen molar-refractivity contribution in [1.29, 1.82) is 0 Å². The third-order valence-corrected chi connectivity index (χ3v) is 6.92. The molecule has 0 bridgehead atoms. The summed E-state index contributed by atoms with van der Waals surface area (Å²) < 4.78 is 0. The zero-order valence-corrected chi connectivity index (χ0v) is 31.1. The van der Waals surface area contributed by atoms with Crippen LogP contribution < -0.4 is 24.8 Å². The van der Waals surface area contributed by atoms with E-state index in [-0.39, 0.29) is 51.0 Å². The maximum Gasteiger partial charge on any atom is 4.00 e. The van der Waals surface area contributed by atoms with E-state index in [1.807, 2.05) is 0 Å². The largest absolute Gasteiger partial charge is 4.00 e. The second kappa shape index (κ2) is 22.3. The van der Waals surface area contributed by atoms with Crippen molar-refractivity contribution in [2.45, 2.75) is 59.9 Å². The molecule has 0 spiro atoms. The van der Waals surface area contributed by atoms with Crippen molar-refractivity contribution < 1.29 is 51.0 Å². The van der Waals surface area contributed by atoms with Gasteiger partial charge in [-0.1, -0.05) is 144 Å². The Hall–Kier alpha value is -2.22. The molecule has 0 nitrogen and oxygen atoms in total. The molecule has 0 aliphatic heterocycles. The number of halogens is 2. The Balaban J connectivity index is 0.000000627. The summed E-state index contributed by atoms with van der Waals surface area (Å²) in [6.07, 6.45) is 5.54. The molecule has 3 radical (unpaired) electrons. The van der Waals surface area contributed by atoms with Gasteiger partial charge in [0.15, 0.2) is 0 Å². The number of rotatable bonds is 5. The Bertz CT molecular complexity index is 1430. The SMILES string of the molecule is CCCCCC.C[Si].Cc1cc2c(-c3ccccc3)cccc2[cH-]1.Cc1cc2c(-c3ccccc3)cccc2[cH-]1.[Cl-].[Cl-].[Zr+4]. The fourth-order valence-electron chi connectivity index (χ4n) is 5.01. The van der Waals surface area contributed by atoms with Crippen LogP contribution in [-0.2, 0) is 26.2 Å². The van der Waals surface area contributed by atoms with Gasteiger partial charge in [0.05, 0.1) is 0 Å². The van der Waals surface area contributed by atoms with Gasteiger partial charge in [-0.25, -0.2) is 0 Å². The van der Waals surface area contributed by atoms with E-state index in [0.29, 0.717) is 0 Å². The van der Waals surface area contributed by atoms with Crippen molar-refractivity contribution in [1.82, 2.24) is 0 Å². The summed E-state index contributed by atoms with van der Waals surface area (Å²) in [5.41, 5.74) is 7.89. The summed E-state index contributed by atoms with van der Waals surface area (Å²) >= 11 is 0. The van der Waals surface area contributed by atoms with Crippen LogP contribution in [-0.4, -0.2) is 10.2 Å². The molecular formula is C39H43Cl2SiZr. The molecule has 0 amide bonds. The molecule has 6 aromatic carbocycles. The summed E-state index contributed by atoms with van der Waals surface area (Å²) in [5.74, 6) is 0. The molecule has 0 heterocycles. The van der Waals surface area contributed by atoms with Gasteiger partial charge >= 0.3 is 26.2 Å². The number of aryl methyl sites for hydroxylation is 2. The topological polar surface area (TPSA) is 0 Å². The van der Waals surface area contributed by atoms with Crippen molar-refractivity contribution in [2.24, 2.45) is 0 Å². The normalized spacial score (nSPS) is 9.44. The average molecular weight is 702 g/mol. The fourth-order valence-corrected chi connectivity index (χ4v) is 5.01. The van der Waals surface area contributed by atoms with E-state index in [9.17, 15) is 0 Å². The van der Waals surface area contributed by atoms with Gasteiger partial charge in [0.1, 0.15) is 0 Å². The molecule has 6 aromatic rings. The summed E-state index contributed by atoms with van der Waals surface area (Å²) in [6, 6.07) is 43.1. The average Bonchev–Trinajstić information content (AvgIpc) is 3.59. The van der Waals surface area contributed by atoms with Gasteiger partial charge in [0.25, 0.3) is 0 Å². The van der Waals surface area contributed by atoms with Gasteiger partial charge in [-0.05, 0) is 11.1 Å². The van der Waals surface area contributed by atoms with Crippen LogP contribution in [0.3, 0.4) is 0 Å². The Morgan fingerprint density at radius 2 is 0.860 bits per heavy atom. The second-order valence-corrected chi connectivity index (χ2v) is 10.1. The molecule has 0 unspecified atom stereocenters. The van der Waals surface area contributed by atoms with E-state index < -0.39 is 0 Å². The predicted molar refractivity (Wildman–Crippen MR) is 181 cm³/mol. The van der Waals surface area contributed by atoms with E-state index in [2.05, 4.69) is 159 Å². The van der Waals surface area contributed by atoms with Gasteiger partial charge in [0.2, 0.25) is 0 Å². The van der Waals surface area contributed by atoms with Crippen LogP contribution in [0.15, 0.2) is 121 Å². The molecule has 0 saturated heterocycles. The Kier molecular flexibility index (Phi) is 21.2. The molecule has 43 heavy (non-hydrogen) atoms. The molecule has 0 aliphatic carbocycles. The molecule has 0 fully saturated rings. The van der Waals surface area contributed by atoms with Crippen LogP contribution >= 0.6 is 0 Å². The van der Waals surface area contributed by atoms with E-state index in [1.54, 1.807) is 6.55 Å². The predicted octanol–water partition coefficient (Wildman–Crippen LogP) is 5.86. The van der Waals surface area contributed by atoms with E-state index in [0.717, 1.165) is 0 Å². The van der Waals surface area contributed by atoms with Crippen LogP contribution in [0.25, 0.3) is 43.8 Å². The molecule has 4 heteroatoms. The first-order valence-corrected chi connectivity index (χ1v) is 15.5. The van der Waals surface area contributed by atoms with Gasteiger partial charge in [0, 0.05) is 10.2 Å². The molecule has 0 N–H and O–H groups in total. The zero-order valence-electron chi connectivity index (χ0n) is 26.1. The molecule has 0 aliphatic rings. The Labute approximate surface area is 295 Å². The fraction of sp³-hybridized carbons (Fsp3) is 0.231. The number of benzene rings is 4. The van der Waals surface area contributed by atoms with Gasteiger partial charge in [-0.2, -0.15) is 12.1 Å². The minimum atomic E-state index is 0. The maximum atomic E-state index is 2.97. The standard InChI is InChI=1S/2C16H13.C6H14.CH3Si.2ClH.Zr/c2*1-12-10-14-8-5-9-15(16(14)11-12)13-6-3-2-4-7-13;1-3-5-6-4-2;1-2;;;/h2*2-11H,1H3;3-6H2,1-2H3;1H3;2*1H;/q2*-1;;;;;+4/p-2. The van der Waals surface area contributed by atoms with Crippen LogP contribution in [0.1, 0.15) is 50.7 Å². The number of fused-ring (bicyclic) bond motifs is 2. The van der Waals surface area contributed by atoms with E-state index in [1.165, 1.54) is 80.6 Å². The third kappa shape index (κ3) is 12.0. The van der Waals surface area contributed by atoms with E-state index >= 15 is 0 Å². The quantitative estimate of drug-likeness (QED) is 0.120. The zero-order chi connectivity index (χ0) is 28.7. The minimum Gasteiger partial charge on any atom is -1.00 e. The van der Waals surface area contributed by atoms with Crippen molar-refractivity contribution in [3.8, 4) is 22.3 Å². The number of unbranched alkanes of at least 4 members (excludes halogenated alkanes) is 3. The number of hydrogen-bond donors (Lipinski definition) is 0. The van der Waals surface area contributed by atoms with Crippen molar-refractivity contribution in [3.63, 3.8) is 0 Å². The minimum absolute atomic E-state index is 0. The van der Waals surface area contributed by atoms with Crippen molar-refractivity contribution in [2.75, 3.05) is 0 Å². The summed E-state index contributed by atoms with van der Waals surface area (Å²) in [4.78, 5) is 0. The smallest absolute Gasteiger partial charge is 1.00 e. The summed E-state index contributed by atoms with van der Waals surface area (Å²) in [5, 5.41) is 5.37.